The van der Waals surface area contributed by atoms with E-state index in [0.29, 0.717) is 11.1 Å². The molecule has 0 bridgehead atoms. The highest BCUT2D eigenvalue weighted by Gasteiger charge is 2.09. The number of rotatable bonds is 1. The Morgan fingerprint density at radius 1 is 1.54 bits per heavy atom. The molecule has 0 aliphatic heterocycles. The first kappa shape index (κ1) is 8.12. The second-order valence-corrected chi connectivity index (χ2v) is 3.05. The minimum Gasteiger partial charge on any atom is -0.432 e. The van der Waals surface area contributed by atoms with E-state index in [2.05, 4.69) is 17.6 Å². The van der Waals surface area contributed by atoms with E-state index in [9.17, 15) is 4.79 Å². The zero-order chi connectivity index (χ0) is 9.42. The third-order valence-corrected chi connectivity index (χ3v) is 1.86. The number of nitrogens with zero attached hydrogens (tertiary/aromatic N) is 1. The van der Waals surface area contributed by atoms with Gasteiger partial charge in [0.1, 0.15) is 5.52 Å². The minimum absolute atomic E-state index is 0.0751. The maximum absolute atomic E-state index is 10.7. The summed E-state index contributed by atoms with van der Waals surface area (Å²) in [5.41, 5.74) is 6.12. The monoisotopic (exact) mass is 194 g/mol. The zero-order valence-electron chi connectivity index (χ0n) is 6.52. The standard InChI is InChI=1S/C8H6N2O2S/c9-7(11)8-10-5-2-1-4(13)3-6(5)12-8/h1-3,13H,(H2,9,11). The Kier molecular flexibility index (Phi) is 1.73. The number of benzene rings is 1. The van der Waals surface area contributed by atoms with Crippen LogP contribution in [0, 0.1) is 0 Å². The van der Waals surface area contributed by atoms with Gasteiger partial charge in [-0.25, -0.2) is 4.98 Å². The second-order valence-electron chi connectivity index (χ2n) is 2.54. The van der Waals surface area contributed by atoms with E-state index >= 15 is 0 Å². The van der Waals surface area contributed by atoms with Crippen LogP contribution in [0.1, 0.15) is 10.7 Å². The Hall–Kier alpha value is -1.49. The van der Waals surface area contributed by atoms with Crippen LogP contribution in [-0.2, 0) is 0 Å². The molecule has 0 spiro atoms. The molecular formula is C8H6N2O2S. The van der Waals surface area contributed by atoms with Crippen LogP contribution in [-0.4, -0.2) is 10.9 Å². The van der Waals surface area contributed by atoms with Crippen molar-refractivity contribution in [2.45, 2.75) is 4.90 Å². The summed E-state index contributed by atoms with van der Waals surface area (Å²) < 4.78 is 5.08. The van der Waals surface area contributed by atoms with Crippen molar-refractivity contribution in [2.75, 3.05) is 0 Å². The number of nitrogens with two attached hydrogens (primary N) is 1. The minimum atomic E-state index is -0.670. The largest absolute Gasteiger partial charge is 0.432 e. The lowest BCUT2D eigenvalue weighted by Gasteiger charge is -1.87. The van der Waals surface area contributed by atoms with Crippen molar-refractivity contribution in [1.82, 2.24) is 4.98 Å². The van der Waals surface area contributed by atoms with E-state index in [0.717, 1.165) is 4.90 Å². The molecule has 66 valence electrons. The lowest BCUT2D eigenvalue weighted by molar-refractivity contribution is 0.0969. The van der Waals surface area contributed by atoms with Gasteiger partial charge in [-0.1, -0.05) is 0 Å². The lowest BCUT2D eigenvalue weighted by atomic mass is 10.3. The van der Waals surface area contributed by atoms with Gasteiger partial charge in [-0.05, 0) is 18.2 Å². The van der Waals surface area contributed by atoms with Crippen molar-refractivity contribution >= 4 is 29.6 Å². The first-order chi connectivity index (χ1) is 6.16. The van der Waals surface area contributed by atoms with Crippen molar-refractivity contribution in [3.05, 3.63) is 24.1 Å². The summed E-state index contributed by atoms with van der Waals surface area (Å²) in [6.45, 7) is 0. The van der Waals surface area contributed by atoms with Crippen LogP contribution in [0.5, 0.6) is 0 Å². The molecule has 2 N–H and O–H groups in total. The number of fused-ring (bicyclic) bond motifs is 1. The first-order valence-electron chi connectivity index (χ1n) is 3.56. The highest BCUT2D eigenvalue weighted by molar-refractivity contribution is 7.80. The highest BCUT2D eigenvalue weighted by atomic mass is 32.1. The molecule has 1 aromatic carbocycles. The molecule has 0 saturated carbocycles. The lowest BCUT2D eigenvalue weighted by Crippen LogP contribution is -2.10. The maximum atomic E-state index is 10.7. The van der Waals surface area contributed by atoms with E-state index in [4.69, 9.17) is 10.2 Å². The molecule has 0 fully saturated rings. The van der Waals surface area contributed by atoms with Crippen LogP contribution in [0.15, 0.2) is 27.5 Å². The number of aromatic nitrogens is 1. The number of hydrogen-bond donors (Lipinski definition) is 2. The zero-order valence-corrected chi connectivity index (χ0v) is 7.41. The summed E-state index contributed by atoms with van der Waals surface area (Å²) >= 11 is 4.12. The van der Waals surface area contributed by atoms with Gasteiger partial charge >= 0.3 is 5.91 Å². The van der Waals surface area contributed by atoms with Gasteiger partial charge < -0.3 is 10.2 Å². The molecule has 0 saturated heterocycles. The van der Waals surface area contributed by atoms with Gasteiger partial charge in [-0.2, -0.15) is 0 Å². The van der Waals surface area contributed by atoms with Crippen LogP contribution in [0.4, 0.5) is 0 Å². The molecule has 0 aliphatic rings. The fraction of sp³-hybridized carbons (Fsp3) is 0. The molecule has 1 amide bonds. The fourth-order valence-electron chi connectivity index (χ4n) is 1.02. The van der Waals surface area contributed by atoms with Crippen molar-refractivity contribution in [3.8, 4) is 0 Å². The Bertz CT molecular complexity index is 478. The number of amides is 1. The number of carbonyl (C=O) groups is 1. The number of carbonyl (C=O) groups excluding carboxylic acids is 1. The average molecular weight is 194 g/mol. The Balaban J connectivity index is 2.68. The van der Waals surface area contributed by atoms with Crippen LogP contribution in [0.2, 0.25) is 0 Å². The van der Waals surface area contributed by atoms with Crippen molar-refractivity contribution in [2.24, 2.45) is 5.73 Å². The summed E-state index contributed by atoms with van der Waals surface area (Å²) in [4.78, 5) is 15.3. The molecule has 13 heavy (non-hydrogen) atoms. The van der Waals surface area contributed by atoms with Crippen molar-refractivity contribution in [3.63, 3.8) is 0 Å². The third-order valence-electron chi connectivity index (χ3n) is 1.58. The molecule has 1 aromatic heterocycles. The SMILES string of the molecule is NC(=O)c1nc2ccc(S)cc2o1. The molecule has 2 aromatic rings. The van der Waals surface area contributed by atoms with Crippen LogP contribution in [0.3, 0.4) is 0 Å². The summed E-state index contributed by atoms with van der Waals surface area (Å²) in [6, 6.07) is 5.16. The van der Waals surface area contributed by atoms with E-state index in [1.165, 1.54) is 0 Å². The van der Waals surface area contributed by atoms with Gasteiger partial charge in [-0.15, -0.1) is 12.6 Å². The van der Waals surface area contributed by atoms with Crippen LogP contribution >= 0.6 is 12.6 Å². The van der Waals surface area contributed by atoms with Gasteiger partial charge in [0.25, 0.3) is 5.89 Å². The topological polar surface area (TPSA) is 69.1 Å². The molecular weight excluding hydrogens is 188 g/mol. The molecule has 0 atom stereocenters. The Morgan fingerprint density at radius 2 is 2.31 bits per heavy atom. The molecule has 0 unspecified atom stereocenters. The molecule has 0 aliphatic carbocycles. The molecule has 5 heteroatoms. The Morgan fingerprint density at radius 3 is 3.00 bits per heavy atom. The summed E-state index contributed by atoms with van der Waals surface area (Å²) in [5.74, 6) is -0.745. The summed E-state index contributed by atoms with van der Waals surface area (Å²) in [7, 11) is 0. The van der Waals surface area contributed by atoms with Gasteiger partial charge in [0.2, 0.25) is 0 Å². The summed E-state index contributed by atoms with van der Waals surface area (Å²) in [5, 5.41) is 0. The third kappa shape index (κ3) is 1.38. The second kappa shape index (κ2) is 2.77. The maximum Gasteiger partial charge on any atom is 0.304 e. The van der Waals surface area contributed by atoms with Gasteiger partial charge in [0.15, 0.2) is 5.58 Å². The van der Waals surface area contributed by atoms with E-state index in [1.54, 1.807) is 18.2 Å². The predicted molar refractivity (Wildman–Crippen MR) is 49.8 cm³/mol. The quantitative estimate of drug-likeness (QED) is 0.670. The molecule has 0 radical (unpaired) electrons. The number of thiol groups is 1. The fourth-order valence-corrected chi connectivity index (χ4v) is 1.21. The van der Waals surface area contributed by atoms with Gasteiger partial charge in [0.05, 0.1) is 0 Å². The number of hydrogen-bond acceptors (Lipinski definition) is 4. The van der Waals surface area contributed by atoms with Gasteiger partial charge in [0, 0.05) is 4.90 Å². The molecule has 4 nitrogen and oxygen atoms in total. The number of primary amides is 1. The normalized spacial score (nSPS) is 10.5. The van der Waals surface area contributed by atoms with Crippen molar-refractivity contribution in [1.29, 1.82) is 0 Å². The van der Waals surface area contributed by atoms with Gasteiger partial charge in [-0.3, -0.25) is 4.79 Å². The predicted octanol–water partition coefficient (Wildman–Crippen LogP) is 1.22. The smallest absolute Gasteiger partial charge is 0.304 e. The van der Waals surface area contributed by atoms with E-state index < -0.39 is 5.91 Å². The number of oxazole rings is 1. The molecule has 2 rings (SSSR count). The molecule has 1 heterocycles. The highest BCUT2D eigenvalue weighted by Crippen LogP contribution is 2.18. The van der Waals surface area contributed by atoms with Crippen LogP contribution < -0.4 is 5.73 Å². The van der Waals surface area contributed by atoms with E-state index in [-0.39, 0.29) is 5.89 Å². The summed E-state index contributed by atoms with van der Waals surface area (Å²) in [6.07, 6.45) is 0. The first-order valence-corrected chi connectivity index (χ1v) is 4.01. The Labute approximate surface area is 79.1 Å². The van der Waals surface area contributed by atoms with E-state index in [1.807, 2.05) is 0 Å². The van der Waals surface area contributed by atoms with Crippen molar-refractivity contribution < 1.29 is 9.21 Å². The van der Waals surface area contributed by atoms with Crippen LogP contribution in [0.25, 0.3) is 11.1 Å². The average Bonchev–Trinajstić information content (AvgIpc) is 2.46.